The lowest BCUT2D eigenvalue weighted by molar-refractivity contribution is 0.380. The van der Waals surface area contributed by atoms with E-state index in [4.69, 9.17) is 4.42 Å². The van der Waals surface area contributed by atoms with Crippen molar-refractivity contribution in [3.05, 3.63) is 48.1 Å². The van der Waals surface area contributed by atoms with E-state index in [1.54, 1.807) is 0 Å². The normalized spacial score (nSPS) is 17.0. The number of piperidine rings is 1. The first-order chi connectivity index (χ1) is 15.7. The van der Waals surface area contributed by atoms with E-state index in [-0.39, 0.29) is 0 Å². The second kappa shape index (κ2) is 7.56. The maximum absolute atomic E-state index is 6.10. The van der Waals surface area contributed by atoms with Gasteiger partial charge in [0.25, 0.3) is 0 Å². The largest absolute Gasteiger partial charge is 0.420 e. The Labute approximate surface area is 184 Å². The zero-order valence-corrected chi connectivity index (χ0v) is 18.1. The highest BCUT2D eigenvalue weighted by Gasteiger charge is 2.23. The average molecular weight is 428 g/mol. The number of rotatable bonds is 4. The highest BCUT2D eigenvalue weighted by molar-refractivity contribution is 5.99. The lowest BCUT2D eigenvalue weighted by Crippen LogP contribution is -2.28. The van der Waals surface area contributed by atoms with Crippen LogP contribution in [0.2, 0.25) is 0 Å². The van der Waals surface area contributed by atoms with Crippen LogP contribution in [-0.2, 0) is 0 Å². The number of pyridine rings is 1. The SMILES string of the molecule is CC(C)c1c(-c2ccnc3[nH]ncc23)[nH]c2ccc(-c3nnc(C4CCCNC4)o3)cc12. The fourth-order valence-corrected chi connectivity index (χ4v) is 4.81. The van der Waals surface area contributed by atoms with Gasteiger partial charge in [0.15, 0.2) is 5.65 Å². The van der Waals surface area contributed by atoms with Crippen LogP contribution in [0.3, 0.4) is 0 Å². The zero-order valence-electron chi connectivity index (χ0n) is 18.1. The third-order valence-corrected chi connectivity index (χ3v) is 6.37. The third kappa shape index (κ3) is 3.10. The van der Waals surface area contributed by atoms with Gasteiger partial charge in [-0.3, -0.25) is 5.10 Å². The van der Waals surface area contributed by atoms with Crippen LogP contribution >= 0.6 is 0 Å². The molecule has 6 rings (SSSR count). The van der Waals surface area contributed by atoms with Gasteiger partial charge in [0.2, 0.25) is 11.8 Å². The minimum Gasteiger partial charge on any atom is -0.420 e. The van der Waals surface area contributed by atoms with Crippen molar-refractivity contribution in [2.75, 3.05) is 13.1 Å². The second-order valence-corrected chi connectivity index (χ2v) is 8.81. The minimum atomic E-state index is 0.294. The van der Waals surface area contributed by atoms with E-state index in [2.05, 4.69) is 61.7 Å². The molecule has 0 saturated carbocycles. The van der Waals surface area contributed by atoms with Crippen LogP contribution in [0.15, 0.2) is 41.1 Å². The number of H-pyrrole nitrogens is 2. The maximum atomic E-state index is 6.10. The van der Waals surface area contributed by atoms with E-state index in [9.17, 15) is 0 Å². The summed E-state index contributed by atoms with van der Waals surface area (Å²) in [7, 11) is 0. The van der Waals surface area contributed by atoms with Crippen molar-refractivity contribution in [1.82, 2.24) is 35.7 Å². The van der Waals surface area contributed by atoms with E-state index < -0.39 is 0 Å². The number of nitrogens with zero attached hydrogens (tertiary/aromatic N) is 4. The summed E-state index contributed by atoms with van der Waals surface area (Å²) in [6.07, 6.45) is 5.87. The van der Waals surface area contributed by atoms with Crippen molar-refractivity contribution in [2.24, 2.45) is 0 Å². The maximum Gasteiger partial charge on any atom is 0.247 e. The number of hydrogen-bond acceptors (Lipinski definition) is 6. The van der Waals surface area contributed by atoms with Gasteiger partial charge in [0.1, 0.15) is 0 Å². The molecule has 0 bridgehead atoms. The molecule has 0 radical (unpaired) electrons. The van der Waals surface area contributed by atoms with Crippen LogP contribution in [0.25, 0.3) is 44.6 Å². The molecule has 0 amide bonds. The van der Waals surface area contributed by atoms with Crippen molar-refractivity contribution in [3.63, 3.8) is 0 Å². The van der Waals surface area contributed by atoms with Crippen LogP contribution in [0.5, 0.6) is 0 Å². The van der Waals surface area contributed by atoms with Gasteiger partial charge in [-0.2, -0.15) is 5.10 Å². The van der Waals surface area contributed by atoms with E-state index in [1.807, 2.05) is 24.5 Å². The smallest absolute Gasteiger partial charge is 0.247 e. The molecule has 4 aromatic heterocycles. The highest BCUT2D eigenvalue weighted by Crippen LogP contribution is 2.39. The summed E-state index contributed by atoms with van der Waals surface area (Å²) in [6, 6.07) is 8.34. The molecular formula is C24H25N7O. The van der Waals surface area contributed by atoms with Crippen molar-refractivity contribution in [3.8, 4) is 22.7 Å². The first-order valence-electron chi connectivity index (χ1n) is 11.2. The molecule has 0 spiro atoms. The van der Waals surface area contributed by atoms with E-state index in [1.165, 1.54) is 10.9 Å². The van der Waals surface area contributed by atoms with Gasteiger partial charge in [0.05, 0.1) is 11.9 Å². The lowest BCUT2D eigenvalue weighted by Gasteiger charge is -2.18. The van der Waals surface area contributed by atoms with Crippen LogP contribution < -0.4 is 5.32 Å². The lowest BCUT2D eigenvalue weighted by atomic mass is 9.95. The fraction of sp³-hybridized carbons (Fsp3) is 0.333. The summed E-state index contributed by atoms with van der Waals surface area (Å²) in [5.74, 6) is 1.91. The molecule has 1 fully saturated rings. The van der Waals surface area contributed by atoms with Crippen molar-refractivity contribution in [2.45, 2.75) is 38.5 Å². The zero-order chi connectivity index (χ0) is 21.7. The van der Waals surface area contributed by atoms with Crippen molar-refractivity contribution in [1.29, 1.82) is 0 Å². The number of aromatic amines is 2. The molecule has 1 unspecified atom stereocenters. The van der Waals surface area contributed by atoms with Crippen molar-refractivity contribution < 1.29 is 4.42 Å². The Morgan fingerprint density at radius 3 is 2.91 bits per heavy atom. The van der Waals surface area contributed by atoms with Gasteiger partial charge < -0.3 is 14.7 Å². The number of fused-ring (bicyclic) bond motifs is 2. The molecule has 5 heterocycles. The van der Waals surface area contributed by atoms with Crippen LogP contribution in [-0.4, -0.2) is 43.5 Å². The quantitative estimate of drug-likeness (QED) is 0.382. The molecule has 1 saturated heterocycles. The van der Waals surface area contributed by atoms with Gasteiger partial charge in [0, 0.05) is 46.1 Å². The molecule has 8 nitrogen and oxygen atoms in total. The second-order valence-electron chi connectivity index (χ2n) is 8.81. The Hall–Kier alpha value is -3.52. The Balaban J connectivity index is 1.46. The first-order valence-corrected chi connectivity index (χ1v) is 11.2. The van der Waals surface area contributed by atoms with E-state index in [0.29, 0.717) is 17.7 Å². The number of hydrogen-bond donors (Lipinski definition) is 3. The van der Waals surface area contributed by atoms with Gasteiger partial charge in [-0.05, 0) is 55.1 Å². The Morgan fingerprint density at radius 2 is 2.06 bits per heavy atom. The summed E-state index contributed by atoms with van der Waals surface area (Å²) in [5.41, 5.74) is 6.25. The minimum absolute atomic E-state index is 0.294. The van der Waals surface area contributed by atoms with Crippen LogP contribution in [0.4, 0.5) is 0 Å². The van der Waals surface area contributed by atoms with E-state index in [0.717, 1.165) is 65.2 Å². The fourth-order valence-electron chi connectivity index (χ4n) is 4.81. The summed E-state index contributed by atoms with van der Waals surface area (Å²) >= 11 is 0. The molecule has 3 N–H and O–H groups in total. The molecule has 1 aliphatic heterocycles. The molecule has 5 aromatic rings. The number of nitrogens with one attached hydrogen (secondary N) is 3. The molecule has 1 aromatic carbocycles. The first kappa shape index (κ1) is 19.2. The molecule has 8 heteroatoms. The predicted molar refractivity (Wildman–Crippen MR) is 123 cm³/mol. The van der Waals surface area contributed by atoms with Gasteiger partial charge in [-0.25, -0.2) is 4.98 Å². The van der Waals surface area contributed by atoms with Crippen LogP contribution in [0.1, 0.15) is 50.0 Å². The van der Waals surface area contributed by atoms with Crippen molar-refractivity contribution >= 4 is 21.9 Å². The molecule has 1 aliphatic rings. The van der Waals surface area contributed by atoms with Gasteiger partial charge >= 0.3 is 0 Å². The number of aromatic nitrogens is 6. The summed E-state index contributed by atoms with van der Waals surface area (Å²) in [5, 5.41) is 21.4. The Kier molecular flexibility index (Phi) is 4.53. The van der Waals surface area contributed by atoms with E-state index >= 15 is 0 Å². The highest BCUT2D eigenvalue weighted by atomic mass is 16.4. The molecule has 0 aliphatic carbocycles. The topological polar surface area (TPSA) is 108 Å². The summed E-state index contributed by atoms with van der Waals surface area (Å²) in [4.78, 5) is 8.02. The molecule has 32 heavy (non-hydrogen) atoms. The van der Waals surface area contributed by atoms with Crippen LogP contribution in [0, 0.1) is 0 Å². The van der Waals surface area contributed by atoms with Gasteiger partial charge in [-0.1, -0.05) is 13.8 Å². The molecular weight excluding hydrogens is 402 g/mol. The Morgan fingerprint density at radius 1 is 1.12 bits per heavy atom. The monoisotopic (exact) mass is 427 g/mol. The third-order valence-electron chi connectivity index (χ3n) is 6.37. The molecule has 162 valence electrons. The summed E-state index contributed by atoms with van der Waals surface area (Å²) < 4.78 is 6.10. The molecule has 1 atom stereocenters. The number of benzene rings is 1. The standard InChI is InChI=1S/C24H25N7O/c1-13(2)20-17-10-14(23-30-31-24(32-23)15-4-3-8-25-11-15)5-6-19(17)28-21(20)16-7-9-26-22-18(16)12-27-29-22/h5-7,9-10,12-13,15,25,28H,3-4,8,11H2,1-2H3,(H,26,27,29). The summed E-state index contributed by atoms with van der Waals surface area (Å²) in [6.45, 7) is 6.39. The average Bonchev–Trinajstić information content (AvgIpc) is 3.56. The predicted octanol–water partition coefficient (Wildman–Crippen LogP) is 4.75. The Bertz CT molecular complexity index is 1400. The van der Waals surface area contributed by atoms with Gasteiger partial charge in [-0.15, -0.1) is 10.2 Å².